The van der Waals surface area contributed by atoms with Crippen molar-refractivity contribution in [3.63, 3.8) is 0 Å². The maximum atomic E-state index is 16.6. The molecule has 2 aromatic carbocycles. The largest absolute Gasteiger partial charge is 0.461 e. The Morgan fingerprint density at radius 2 is 1.76 bits per heavy atom. The fraction of sp³-hybridized carbons (Fsp3) is 0.441. The number of carbonyl (C=O) groups is 2. The summed E-state index contributed by atoms with van der Waals surface area (Å²) in [6.07, 6.45) is 6.23. The van der Waals surface area contributed by atoms with Gasteiger partial charge in [-0.1, -0.05) is 30.3 Å². The van der Waals surface area contributed by atoms with Gasteiger partial charge in [-0.05, 0) is 63.1 Å². The van der Waals surface area contributed by atoms with Gasteiger partial charge in [0.25, 0.3) is 0 Å². The SMILES string of the molecule is O=C1OCCN1C(=O)C1CCN(c2nc(OCC34CCCN3CCC4)nc3c(F)c(-c4cccc5cccc(F)c45)ncc23)CC1. The fourth-order valence-corrected chi connectivity index (χ4v) is 7.82. The number of piperidine rings is 1. The van der Waals surface area contributed by atoms with Crippen molar-refractivity contribution in [2.75, 3.05) is 50.8 Å². The number of fused-ring (bicyclic) bond motifs is 3. The first-order chi connectivity index (χ1) is 22.4. The Bertz CT molecular complexity index is 1850. The highest BCUT2D eigenvalue weighted by Crippen LogP contribution is 2.40. The second kappa shape index (κ2) is 11.4. The van der Waals surface area contributed by atoms with Gasteiger partial charge in [0, 0.05) is 36.2 Å². The molecule has 0 N–H and O–H groups in total. The van der Waals surface area contributed by atoms with E-state index in [4.69, 9.17) is 14.5 Å². The summed E-state index contributed by atoms with van der Waals surface area (Å²) >= 11 is 0. The van der Waals surface area contributed by atoms with Crippen LogP contribution in [0.1, 0.15) is 38.5 Å². The summed E-state index contributed by atoms with van der Waals surface area (Å²) < 4.78 is 42.9. The van der Waals surface area contributed by atoms with Gasteiger partial charge in [0.2, 0.25) is 5.91 Å². The lowest BCUT2D eigenvalue weighted by Gasteiger charge is -2.34. The normalized spacial score (nSPS) is 20.1. The Hall–Kier alpha value is -4.45. The Labute approximate surface area is 264 Å². The predicted molar refractivity (Wildman–Crippen MR) is 166 cm³/mol. The van der Waals surface area contributed by atoms with Crippen LogP contribution in [0.15, 0.2) is 42.6 Å². The Kier molecular flexibility index (Phi) is 7.19. The average Bonchev–Trinajstić information content (AvgIpc) is 3.79. The number of nitrogens with zero attached hydrogens (tertiary/aromatic N) is 6. The molecule has 4 aromatic rings. The smallest absolute Gasteiger partial charge is 0.416 e. The molecule has 6 heterocycles. The lowest BCUT2D eigenvalue weighted by atomic mass is 9.95. The molecule has 0 bridgehead atoms. The molecule has 12 heteroatoms. The molecule has 0 atom stereocenters. The minimum Gasteiger partial charge on any atom is -0.461 e. The first kappa shape index (κ1) is 29.0. The van der Waals surface area contributed by atoms with Crippen LogP contribution in [0.25, 0.3) is 32.9 Å². The van der Waals surface area contributed by atoms with Gasteiger partial charge in [0.05, 0.1) is 17.5 Å². The lowest BCUT2D eigenvalue weighted by molar-refractivity contribution is -0.132. The molecule has 2 aromatic heterocycles. The number of rotatable bonds is 6. The lowest BCUT2D eigenvalue weighted by Crippen LogP contribution is -2.44. The van der Waals surface area contributed by atoms with E-state index in [2.05, 4.69) is 14.9 Å². The molecule has 0 unspecified atom stereocenters. The minimum atomic E-state index is -0.680. The highest BCUT2D eigenvalue weighted by molar-refractivity contribution is 5.99. The summed E-state index contributed by atoms with van der Waals surface area (Å²) in [5.74, 6) is -1.22. The second-order valence-electron chi connectivity index (χ2n) is 12.7. The molecule has 0 aliphatic carbocycles. The summed E-state index contributed by atoms with van der Waals surface area (Å²) in [6, 6.07) is 10.0. The highest BCUT2D eigenvalue weighted by atomic mass is 19.1. The topological polar surface area (TPSA) is 101 Å². The van der Waals surface area contributed by atoms with Crippen LogP contribution >= 0.6 is 0 Å². The van der Waals surface area contributed by atoms with Crippen molar-refractivity contribution in [1.29, 1.82) is 0 Å². The number of carbonyl (C=O) groups excluding carboxylic acids is 2. The molecule has 2 amide bonds. The van der Waals surface area contributed by atoms with Crippen LogP contribution in [0.5, 0.6) is 6.01 Å². The van der Waals surface area contributed by atoms with Crippen molar-refractivity contribution in [2.24, 2.45) is 5.92 Å². The summed E-state index contributed by atoms with van der Waals surface area (Å²) in [4.78, 5) is 44.6. The monoisotopic (exact) mass is 628 g/mol. The van der Waals surface area contributed by atoms with E-state index >= 15 is 8.78 Å². The van der Waals surface area contributed by atoms with Crippen LogP contribution in [-0.4, -0.2) is 88.2 Å². The standard InChI is InChI=1S/C34H34F2N6O4/c35-25-8-2-6-21-5-1-7-23(26(21)25)28-27(36)29-24(19-37-28)30(39-32(38-29)46-20-34-11-3-13-41(34)14-4-12-34)40-15-9-22(10-16-40)31(43)42-17-18-45-33(42)44/h1-2,5-8,19,22H,3-4,9-18,20H2. The summed E-state index contributed by atoms with van der Waals surface area (Å²) in [5, 5.41) is 1.34. The van der Waals surface area contributed by atoms with E-state index in [0.717, 1.165) is 38.8 Å². The van der Waals surface area contributed by atoms with Crippen LogP contribution < -0.4 is 9.64 Å². The van der Waals surface area contributed by atoms with E-state index in [1.54, 1.807) is 36.5 Å². The number of halogens is 2. The van der Waals surface area contributed by atoms with E-state index in [1.807, 2.05) is 4.90 Å². The molecule has 4 aliphatic heterocycles. The number of anilines is 1. The Morgan fingerprint density at radius 1 is 1.00 bits per heavy atom. The van der Waals surface area contributed by atoms with Crippen molar-refractivity contribution in [1.82, 2.24) is 24.8 Å². The summed E-state index contributed by atoms with van der Waals surface area (Å²) in [5.41, 5.74) is 0.320. The number of cyclic esters (lactones) is 1. The van der Waals surface area contributed by atoms with Gasteiger partial charge in [-0.15, -0.1) is 0 Å². The van der Waals surface area contributed by atoms with Gasteiger partial charge in [0.1, 0.15) is 36.1 Å². The van der Waals surface area contributed by atoms with Gasteiger partial charge in [-0.2, -0.15) is 9.97 Å². The van der Waals surface area contributed by atoms with E-state index < -0.39 is 17.7 Å². The first-order valence-corrected chi connectivity index (χ1v) is 16.1. The number of pyridine rings is 1. The number of hydrogen-bond donors (Lipinski definition) is 0. The average molecular weight is 629 g/mol. The number of hydrogen-bond acceptors (Lipinski definition) is 9. The van der Waals surface area contributed by atoms with Crippen LogP contribution in [0.3, 0.4) is 0 Å². The molecule has 238 valence electrons. The Morgan fingerprint density at radius 3 is 2.50 bits per heavy atom. The molecule has 0 radical (unpaired) electrons. The van der Waals surface area contributed by atoms with Gasteiger partial charge < -0.3 is 14.4 Å². The highest BCUT2D eigenvalue weighted by Gasteiger charge is 2.45. The number of imide groups is 1. The number of amides is 2. The zero-order valence-electron chi connectivity index (χ0n) is 25.4. The van der Waals surface area contributed by atoms with Crippen LogP contribution in [-0.2, 0) is 9.53 Å². The number of benzene rings is 2. The van der Waals surface area contributed by atoms with Crippen molar-refractivity contribution in [3.8, 4) is 17.3 Å². The zero-order chi connectivity index (χ0) is 31.4. The zero-order valence-corrected chi connectivity index (χ0v) is 25.4. The third kappa shape index (κ3) is 4.81. The second-order valence-corrected chi connectivity index (χ2v) is 12.7. The van der Waals surface area contributed by atoms with Gasteiger partial charge in [-0.25, -0.2) is 18.5 Å². The minimum absolute atomic E-state index is 0.00282. The molecule has 46 heavy (non-hydrogen) atoms. The molecule has 0 spiro atoms. The van der Waals surface area contributed by atoms with Crippen molar-refractivity contribution < 1.29 is 27.8 Å². The van der Waals surface area contributed by atoms with E-state index in [9.17, 15) is 9.59 Å². The van der Waals surface area contributed by atoms with Gasteiger partial charge in [0.15, 0.2) is 5.82 Å². The maximum Gasteiger partial charge on any atom is 0.416 e. The molecule has 0 saturated carbocycles. The fourth-order valence-electron chi connectivity index (χ4n) is 7.82. The molecule has 10 nitrogen and oxygen atoms in total. The van der Waals surface area contributed by atoms with E-state index in [0.29, 0.717) is 54.7 Å². The number of aromatic nitrogens is 3. The van der Waals surface area contributed by atoms with Crippen molar-refractivity contribution >= 4 is 39.5 Å². The molecule has 4 fully saturated rings. The maximum absolute atomic E-state index is 16.6. The molecule has 4 aliphatic rings. The summed E-state index contributed by atoms with van der Waals surface area (Å²) in [6.45, 7) is 3.89. The van der Waals surface area contributed by atoms with Crippen LogP contribution in [0.2, 0.25) is 0 Å². The third-order valence-electron chi connectivity index (χ3n) is 10.2. The number of ether oxygens (including phenoxy) is 2. The Balaban J connectivity index is 1.16. The molecule has 4 saturated heterocycles. The molecule has 8 rings (SSSR count). The van der Waals surface area contributed by atoms with Gasteiger partial charge in [-0.3, -0.25) is 14.7 Å². The molecular formula is C34H34F2N6O4. The quantitative estimate of drug-likeness (QED) is 0.281. The molecular weight excluding hydrogens is 594 g/mol. The third-order valence-corrected chi connectivity index (χ3v) is 10.2. The van der Waals surface area contributed by atoms with E-state index in [1.165, 1.54) is 11.0 Å². The van der Waals surface area contributed by atoms with Gasteiger partial charge >= 0.3 is 12.1 Å². The van der Waals surface area contributed by atoms with Crippen LogP contribution in [0, 0.1) is 17.6 Å². The summed E-state index contributed by atoms with van der Waals surface area (Å²) in [7, 11) is 0. The van der Waals surface area contributed by atoms with Crippen LogP contribution in [0.4, 0.5) is 19.4 Å². The van der Waals surface area contributed by atoms with Crippen molar-refractivity contribution in [2.45, 2.75) is 44.1 Å². The van der Waals surface area contributed by atoms with E-state index in [-0.39, 0.29) is 53.1 Å². The van der Waals surface area contributed by atoms with Crippen molar-refractivity contribution in [3.05, 3.63) is 54.2 Å². The first-order valence-electron chi connectivity index (χ1n) is 16.1. The predicted octanol–water partition coefficient (Wildman–Crippen LogP) is 5.33.